The molecule has 0 bridgehead atoms. The maximum absolute atomic E-state index is 12.1. The zero-order valence-electron chi connectivity index (χ0n) is 12.4. The molecule has 1 amide bonds. The molecule has 0 saturated heterocycles. The van der Waals surface area contributed by atoms with Gasteiger partial charge in [0, 0.05) is 11.1 Å². The molecule has 2 aromatic rings. The van der Waals surface area contributed by atoms with E-state index < -0.39 is 16.9 Å². The van der Waals surface area contributed by atoms with E-state index in [2.05, 4.69) is 10.3 Å². The minimum Gasteiger partial charge on any atom is -0.481 e. The van der Waals surface area contributed by atoms with E-state index in [1.165, 1.54) is 12.1 Å². The second kappa shape index (κ2) is 7.06. The molecule has 1 N–H and O–H groups in total. The summed E-state index contributed by atoms with van der Waals surface area (Å²) in [6.45, 7) is 3.42. The summed E-state index contributed by atoms with van der Waals surface area (Å²) in [7, 11) is 0. The predicted molar refractivity (Wildman–Crippen MR) is 85.8 cm³/mol. The lowest BCUT2D eigenvalue weighted by Gasteiger charge is -2.16. The number of aryl methyl sites for hydroxylation is 1. The van der Waals surface area contributed by atoms with Gasteiger partial charge in [0.15, 0.2) is 6.10 Å². The molecule has 0 fully saturated rings. The van der Waals surface area contributed by atoms with Crippen LogP contribution in [0.2, 0.25) is 5.02 Å². The number of nitro groups is 1. The zero-order chi connectivity index (χ0) is 17.0. The maximum atomic E-state index is 12.1. The number of benzene rings is 1. The highest BCUT2D eigenvalue weighted by atomic mass is 35.5. The largest absolute Gasteiger partial charge is 0.481 e. The smallest absolute Gasteiger partial charge is 0.287 e. The topological polar surface area (TPSA) is 94.4 Å². The van der Waals surface area contributed by atoms with Crippen molar-refractivity contribution in [2.75, 3.05) is 5.32 Å². The first-order valence-corrected chi connectivity index (χ1v) is 7.08. The number of hydrogen-bond acceptors (Lipinski definition) is 5. The number of nitrogens with one attached hydrogen (secondary N) is 1. The molecule has 2 rings (SSSR count). The number of carbonyl (C=O) groups excluding carboxylic acids is 1. The summed E-state index contributed by atoms with van der Waals surface area (Å²) in [4.78, 5) is 25.9. The van der Waals surface area contributed by atoms with Gasteiger partial charge in [-0.1, -0.05) is 11.6 Å². The Balaban J connectivity index is 2.00. The molecule has 0 aliphatic rings. The predicted octanol–water partition coefficient (Wildman–Crippen LogP) is 3.36. The molecule has 1 aromatic heterocycles. The Bertz CT molecular complexity index is 734. The fourth-order valence-electron chi connectivity index (χ4n) is 1.78. The summed E-state index contributed by atoms with van der Waals surface area (Å²) in [5, 5.41) is 13.7. The summed E-state index contributed by atoms with van der Waals surface area (Å²) in [6, 6.07) is 7.71. The highest BCUT2D eigenvalue weighted by Gasteiger charge is 2.17. The number of aromatic nitrogens is 1. The zero-order valence-corrected chi connectivity index (χ0v) is 13.2. The van der Waals surface area contributed by atoms with E-state index in [1.54, 1.807) is 25.1 Å². The van der Waals surface area contributed by atoms with Crippen LogP contribution in [0.4, 0.5) is 11.5 Å². The normalized spacial score (nSPS) is 11.6. The first kappa shape index (κ1) is 16.7. The minimum absolute atomic E-state index is 0.149. The van der Waals surface area contributed by atoms with Crippen molar-refractivity contribution in [3.63, 3.8) is 0 Å². The average molecular weight is 336 g/mol. The molecular weight excluding hydrogens is 322 g/mol. The van der Waals surface area contributed by atoms with Crippen molar-refractivity contribution in [2.45, 2.75) is 20.0 Å². The first-order chi connectivity index (χ1) is 10.9. The van der Waals surface area contributed by atoms with Gasteiger partial charge in [0.1, 0.15) is 17.8 Å². The lowest BCUT2D eigenvalue weighted by atomic mass is 10.2. The van der Waals surface area contributed by atoms with E-state index in [9.17, 15) is 14.9 Å². The molecular formula is C15H14ClN3O4. The van der Waals surface area contributed by atoms with Gasteiger partial charge in [0.25, 0.3) is 11.6 Å². The lowest BCUT2D eigenvalue weighted by molar-refractivity contribution is -0.385. The number of hydrogen-bond donors (Lipinski definition) is 1. The van der Waals surface area contributed by atoms with Crippen LogP contribution in [-0.4, -0.2) is 21.9 Å². The van der Waals surface area contributed by atoms with Gasteiger partial charge in [-0.3, -0.25) is 14.9 Å². The van der Waals surface area contributed by atoms with Crippen LogP contribution in [0.3, 0.4) is 0 Å². The molecule has 23 heavy (non-hydrogen) atoms. The van der Waals surface area contributed by atoms with Crippen LogP contribution >= 0.6 is 11.6 Å². The van der Waals surface area contributed by atoms with Crippen LogP contribution in [0.15, 0.2) is 36.5 Å². The van der Waals surface area contributed by atoms with Gasteiger partial charge in [0.05, 0.1) is 4.92 Å². The minimum atomic E-state index is -0.771. The number of rotatable bonds is 5. The van der Waals surface area contributed by atoms with Gasteiger partial charge < -0.3 is 10.1 Å². The van der Waals surface area contributed by atoms with Crippen LogP contribution in [0.1, 0.15) is 12.5 Å². The molecule has 1 heterocycles. The van der Waals surface area contributed by atoms with E-state index in [0.29, 0.717) is 10.8 Å². The molecule has 1 aromatic carbocycles. The summed E-state index contributed by atoms with van der Waals surface area (Å²) in [5.74, 6) is 0.346. The average Bonchev–Trinajstić information content (AvgIpc) is 2.50. The standard InChI is InChI=1S/C15H14ClN3O4/c1-9-7-11(16)3-5-13(9)23-10(2)15(20)18-14-6-4-12(8-17-14)19(21)22/h3-8,10H,1-2H3,(H,17,18,20)/t10-/m0/s1. The Morgan fingerprint density at radius 2 is 2.13 bits per heavy atom. The number of pyridine rings is 1. The SMILES string of the molecule is Cc1cc(Cl)ccc1O[C@@H](C)C(=O)Nc1ccc([N+](=O)[O-])cn1. The number of ether oxygens (including phenoxy) is 1. The van der Waals surface area contributed by atoms with E-state index >= 15 is 0 Å². The quantitative estimate of drug-likeness (QED) is 0.667. The van der Waals surface area contributed by atoms with Gasteiger partial charge in [-0.2, -0.15) is 0 Å². The third-order valence-corrected chi connectivity index (χ3v) is 3.26. The monoisotopic (exact) mass is 335 g/mol. The Morgan fingerprint density at radius 3 is 2.70 bits per heavy atom. The van der Waals surface area contributed by atoms with Gasteiger partial charge in [-0.05, 0) is 43.7 Å². The summed E-state index contributed by atoms with van der Waals surface area (Å²) in [5.41, 5.74) is 0.662. The van der Waals surface area contributed by atoms with Gasteiger partial charge in [-0.15, -0.1) is 0 Å². The number of nitrogens with zero attached hydrogens (tertiary/aromatic N) is 2. The van der Waals surface area contributed by atoms with Crippen molar-refractivity contribution in [3.05, 3.63) is 57.2 Å². The Hall–Kier alpha value is -2.67. The van der Waals surface area contributed by atoms with E-state index in [-0.39, 0.29) is 11.5 Å². The molecule has 8 heteroatoms. The van der Waals surface area contributed by atoms with Crippen LogP contribution in [0.25, 0.3) is 0 Å². The van der Waals surface area contributed by atoms with Crippen molar-refractivity contribution >= 4 is 29.0 Å². The van der Waals surface area contributed by atoms with Crippen molar-refractivity contribution in [3.8, 4) is 5.75 Å². The Labute approximate surface area is 137 Å². The van der Waals surface area contributed by atoms with E-state index in [1.807, 2.05) is 6.92 Å². The van der Waals surface area contributed by atoms with Crippen LogP contribution < -0.4 is 10.1 Å². The Morgan fingerprint density at radius 1 is 1.39 bits per heavy atom. The molecule has 7 nitrogen and oxygen atoms in total. The molecule has 0 spiro atoms. The number of halogens is 1. The fourth-order valence-corrected chi connectivity index (χ4v) is 2.01. The van der Waals surface area contributed by atoms with E-state index in [0.717, 1.165) is 11.8 Å². The van der Waals surface area contributed by atoms with Gasteiger partial charge in [0.2, 0.25) is 0 Å². The van der Waals surface area contributed by atoms with Crippen molar-refractivity contribution < 1.29 is 14.5 Å². The molecule has 120 valence electrons. The second-order valence-corrected chi connectivity index (χ2v) is 5.25. The molecule has 1 atom stereocenters. The van der Waals surface area contributed by atoms with Crippen molar-refractivity contribution in [1.82, 2.24) is 4.98 Å². The molecule has 0 aliphatic carbocycles. The maximum Gasteiger partial charge on any atom is 0.287 e. The molecule has 0 saturated carbocycles. The summed E-state index contributed by atoms with van der Waals surface area (Å²) >= 11 is 5.87. The van der Waals surface area contributed by atoms with Gasteiger partial charge in [-0.25, -0.2) is 4.98 Å². The van der Waals surface area contributed by atoms with Crippen molar-refractivity contribution in [2.24, 2.45) is 0 Å². The summed E-state index contributed by atoms with van der Waals surface area (Å²) < 4.78 is 5.59. The number of carbonyl (C=O) groups is 1. The van der Waals surface area contributed by atoms with Crippen molar-refractivity contribution in [1.29, 1.82) is 0 Å². The number of anilines is 1. The fraction of sp³-hybridized carbons (Fsp3) is 0.200. The van der Waals surface area contributed by atoms with Crippen LogP contribution in [0, 0.1) is 17.0 Å². The summed E-state index contributed by atoms with van der Waals surface area (Å²) in [6.07, 6.45) is 0.302. The molecule has 0 aliphatic heterocycles. The molecule has 0 radical (unpaired) electrons. The second-order valence-electron chi connectivity index (χ2n) is 4.82. The first-order valence-electron chi connectivity index (χ1n) is 6.71. The highest BCUT2D eigenvalue weighted by Crippen LogP contribution is 2.23. The van der Waals surface area contributed by atoms with Gasteiger partial charge >= 0.3 is 0 Å². The van der Waals surface area contributed by atoms with E-state index in [4.69, 9.17) is 16.3 Å². The third-order valence-electron chi connectivity index (χ3n) is 3.02. The number of amides is 1. The van der Waals surface area contributed by atoms with Crippen LogP contribution in [0.5, 0.6) is 5.75 Å². The Kier molecular flexibility index (Phi) is 5.13. The highest BCUT2D eigenvalue weighted by molar-refractivity contribution is 6.30. The molecule has 0 unspecified atom stereocenters. The lowest BCUT2D eigenvalue weighted by Crippen LogP contribution is -2.30. The van der Waals surface area contributed by atoms with Crippen LogP contribution in [-0.2, 0) is 4.79 Å². The third kappa shape index (κ3) is 4.40.